The Kier molecular flexibility index (Phi) is 5.04. The molecule has 0 spiro atoms. The highest BCUT2D eigenvalue weighted by Gasteiger charge is 2.50. The number of fused-ring (bicyclic) bond motifs is 3. The number of rotatable bonds is 3. The molecule has 0 saturated carbocycles. The van der Waals surface area contributed by atoms with Gasteiger partial charge in [-0.15, -0.1) is 0 Å². The van der Waals surface area contributed by atoms with Crippen molar-refractivity contribution in [3.05, 3.63) is 51.6 Å². The zero-order valence-electron chi connectivity index (χ0n) is 16.8. The van der Waals surface area contributed by atoms with Crippen LogP contribution in [0.25, 0.3) is 0 Å². The van der Waals surface area contributed by atoms with Gasteiger partial charge in [0, 0.05) is 22.6 Å². The summed E-state index contributed by atoms with van der Waals surface area (Å²) < 4.78 is 65.5. The van der Waals surface area contributed by atoms with Crippen molar-refractivity contribution in [1.82, 2.24) is 0 Å². The minimum absolute atomic E-state index is 0.0264. The minimum atomic E-state index is -6.16. The lowest BCUT2D eigenvalue weighted by molar-refractivity contribution is -0.121. The van der Waals surface area contributed by atoms with Crippen LogP contribution in [0, 0.1) is 5.92 Å². The number of halogens is 3. The summed E-state index contributed by atoms with van der Waals surface area (Å²) in [6, 6.07) is 2.84. The van der Waals surface area contributed by atoms with Crippen LogP contribution in [0.15, 0.2) is 18.2 Å². The molecule has 4 rings (SSSR count). The molecule has 2 N–H and O–H groups in total. The molecule has 0 radical (unpaired) electrons. The van der Waals surface area contributed by atoms with E-state index in [1.807, 2.05) is 0 Å². The van der Waals surface area contributed by atoms with Crippen LogP contribution in [0.5, 0.6) is 17.2 Å². The standard InChI is InChI=1S/C21H15F3O8S/c1-8(25)9-5-6-10-12(7-9)19(28)15-16(17(10)26)20(29)14-11(18(15)27)3-2-4-13(14)32-33(30,31)21(22,23)24/h2-4,9,26,28H,5-7H2,1H3. The largest absolute Gasteiger partial charge is 0.534 e. The molecule has 0 saturated heterocycles. The number of carbonyl (C=O) groups is 3. The Morgan fingerprint density at radius 2 is 1.64 bits per heavy atom. The van der Waals surface area contributed by atoms with Crippen LogP contribution in [-0.2, 0) is 27.8 Å². The Labute approximate surface area is 184 Å². The third-order valence-corrected chi connectivity index (χ3v) is 6.83. The average Bonchev–Trinajstić information content (AvgIpc) is 2.73. The Bertz CT molecular complexity index is 1360. The summed E-state index contributed by atoms with van der Waals surface area (Å²) in [6.07, 6.45) is 0.435. The Morgan fingerprint density at radius 1 is 1.03 bits per heavy atom. The quantitative estimate of drug-likeness (QED) is 0.329. The third kappa shape index (κ3) is 3.36. The molecule has 1 unspecified atom stereocenters. The molecule has 0 aliphatic heterocycles. The van der Waals surface area contributed by atoms with Gasteiger partial charge >= 0.3 is 15.6 Å². The van der Waals surface area contributed by atoms with Gasteiger partial charge in [-0.3, -0.25) is 14.4 Å². The van der Waals surface area contributed by atoms with E-state index in [0.717, 1.165) is 18.2 Å². The van der Waals surface area contributed by atoms with Gasteiger partial charge in [-0.05, 0) is 32.3 Å². The van der Waals surface area contributed by atoms with Gasteiger partial charge in [-0.25, -0.2) is 0 Å². The number of carbonyl (C=O) groups excluding carboxylic acids is 3. The number of Topliss-reactive ketones (excluding diaryl/α,β-unsaturated/α-hetero) is 1. The molecule has 2 aromatic carbocycles. The fourth-order valence-electron chi connectivity index (χ4n) is 4.22. The van der Waals surface area contributed by atoms with Gasteiger partial charge in [0.25, 0.3) is 0 Å². The summed E-state index contributed by atoms with van der Waals surface area (Å²) >= 11 is 0. The SMILES string of the molecule is CC(=O)C1CCc2c(O)c3c(c(O)c2C1)C(=O)c1cccc(OS(=O)(=O)C(F)(F)F)c1C3=O. The fourth-order valence-corrected chi connectivity index (χ4v) is 4.69. The molecule has 0 aromatic heterocycles. The molecule has 2 aromatic rings. The van der Waals surface area contributed by atoms with Crippen LogP contribution in [0.4, 0.5) is 13.2 Å². The van der Waals surface area contributed by atoms with E-state index in [1.165, 1.54) is 6.92 Å². The Balaban J connectivity index is 1.92. The first-order valence-corrected chi connectivity index (χ1v) is 11.0. The van der Waals surface area contributed by atoms with Crippen LogP contribution in [-0.4, -0.2) is 41.5 Å². The van der Waals surface area contributed by atoms with E-state index in [1.54, 1.807) is 0 Å². The maximum atomic E-state index is 13.2. The lowest BCUT2D eigenvalue weighted by Crippen LogP contribution is -2.30. The first-order chi connectivity index (χ1) is 15.3. The first-order valence-electron chi connectivity index (χ1n) is 9.59. The third-order valence-electron chi connectivity index (χ3n) is 5.86. The molecule has 0 heterocycles. The number of phenolic OH excluding ortho intramolecular Hbond substituents is 2. The topological polar surface area (TPSA) is 135 Å². The number of hydrogen-bond donors (Lipinski definition) is 2. The molecule has 33 heavy (non-hydrogen) atoms. The number of alkyl halides is 3. The molecule has 0 amide bonds. The second-order valence-electron chi connectivity index (χ2n) is 7.77. The van der Waals surface area contributed by atoms with Crippen molar-refractivity contribution >= 4 is 27.5 Å². The zero-order chi connectivity index (χ0) is 24.5. The van der Waals surface area contributed by atoms with Crippen LogP contribution < -0.4 is 4.18 Å². The molecular formula is C21H15F3O8S. The maximum absolute atomic E-state index is 13.2. The molecule has 2 aliphatic rings. The first kappa shape index (κ1) is 22.8. The highest BCUT2D eigenvalue weighted by molar-refractivity contribution is 7.88. The molecule has 8 nitrogen and oxygen atoms in total. The summed E-state index contributed by atoms with van der Waals surface area (Å²) in [5.74, 6) is -5.12. The van der Waals surface area contributed by atoms with Crippen molar-refractivity contribution in [2.45, 2.75) is 31.7 Å². The van der Waals surface area contributed by atoms with Crippen LogP contribution in [0.3, 0.4) is 0 Å². The highest BCUT2D eigenvalue weighted by Crippen LogP contribution is 2.47. The monoisotopic (exact) mass is 484 g/mol. The second kappa shape index (κ2) is 7.30. The van der Waals surface area contributed by atoms with Gasteiger partial charge in [0.15, 0.2) is 11.5 Å². The predicted molar refractivity (Wildman–Crippen MR) is 105 cm³/mol. The number of hydrogen-bond acceptors (Lipinski definition) is 8. The normalized spacial score (nSPS) is 17.8. The summed E-state index contributed by atoms with van der Waals surface area (Å²) in [4.78, 5) is 38.1. The summed E-state index contributed by atoms with van der Waals surface area (Å²) in [5, 5.41) is 21.6. The van der Waals surface area contributed by atoms with Crippen LogP contribution in [0.1, 0.15) is 56.3 Å². The van der Waals surface area contributed by atoms with E-state index in [0.29, 0.717) is 6.42 Å². The van der Waals surface area contributed by atoms with E-state index in [9.17, 15) is 46.2 Å². The fraction of sp³-hybridized carbons (Fsp3) is 0.286. The Hall–Kier alpha value is -3.41. The molecule has 174 valence electrons. The van der Waals surface area contributed by atoms with Crippen molar-refractivity contribution in [2.75, 3.05) is 0 Å². The maximum Gasteiger partial charge on any atom is 0.534 e. The van der Waals surface area contributed by atoms with E-state index >= 15 is 0 Å². The minimum Gasteiger partial charge on any atom is -0.507 e. The Morgan fingerprint density at radius 3 is 2.24 bits per heavy atom. The molecule has 12 heteroatoms. The van der Waals surface area contributed by atoms with Crippen LogP contribution in [0.2, 0.25) is 0 Å². The van der Waals surface area contributed by atoms with E-state index in [4.69, 9.17) is 0 Å². The number of ketones is 3. The number of phenols is 2. The zero-order valence-corrected chi connectivity index (χ0v) is 17.6. The summed E-state index contributed by atoms with van der Waals surface area (Å²) in [6.45, 7) is 1.37. The van der Waals surface area contributed by atoms with Crippen molar-refractivity contribution in [3.63, 3.8) is 0 Å². The molecule has 0 fully saturated rings. The van der Waals surface area contributed by atoms with Gasteiger partial charge < -0.3 is 14.4 Å². The van der Waals surface area contributed by atoms with Crippen molar-refractivity contribution in [1.29, 1.82) is 0 Å². The molecular weight excluding hydrogens is 469 g/mol. The molecule has 0 bridgehead atoms. The van der Waals surface area contributed by atoms with E-state index < -0.39 is 72.6 Å². The van der Waals surface area contributed by atoms with Gasteiger partial charge in [0.05, 0.1) is 16.7 Å². The lowest BCUT2D eigenvalue weighted by Gasteiger charge is -2.29. The summed E-state index contributed by atoms with van der Waals surface area (Å²) in [5.41, 5.74) is -8.04. The number of aromatic hydroxyl groups is 2. The van der Waals surface area contributed by atoms with Crippen molar-refractivity contribution in [2.24, 2.45) is 5.92 Å². The van der Waals surface area contributed by atoms with E-state index in [-0.39, 0.29) is 29.8 Å². The molecule has 2 aliphatic carbocycles. The average molecular weight is 484 g/mol. The van der Waals surface area contributed by atoms with Gasteiger partial charge in [-0.1, -0.05) is 12.1 Å². The summed E-state index contributed by atoms with van der Waals surface area (Å²) in [7, 11) is -6.16. The van der Waals surface area contributed by atoms with Crippen LogP contribution >= 0.6 is 0 Å². The van der Waals surface area contributed by atoms with Gasteiger partial charge in [0.1, 0.15) is 17.3 Å². The van der Waals surface area contributed by atoms with E-state index in [2.05, 4.69) is 4.18 Å². The molecule has 1 atom stereocenters. The van der Waals surface area contributed by atoms with Gasteiger partial charge in [0.2, 0.25) is 5.78 Å². The smallest absolute Gasteiger partial charge is 0.507 e. The second-order valence-corrected chi connectivity index (χ2v) is 9.31. The predicted octanol–water partition coefficient (Wildman–Crippen LogP) is 2.80. The van der Waals surface area contributed by atoms with Crippen molar-refractivity contribution < 1.29 is 50.4 Å². The lowest BCUT2D eigenvalue weighted by atomic mass is 9.75. The van der Waals surface area contributed by atoms with Crippen molar-refractivity contribution in [3.8, 4) is 17.2 Å². The highest BCUT2D eigenvalue weighted by atomic mass is 32.2. The number of benzene rings is 2. The van der Waals surface area contributed by atoms with Gasteiger partial charge in [-0.2, -0.15) is 21.6 Å².